The minimum atomic E-state index is -4.18. The maximum absolute atomic E-state index is 13.9. The number of aryl methyl sites for hydroxylation is 3. The van der Waals surface area contributed by atoms with Crippen molar-refractivity contribution in [2.45, 2.75) is 32.2 Å². The van der Waals surface area contributed by atoms with Crippen LogP contribution in [0.1, 0.15) is 18.1 Å². The van der Waals surface area contributed by atoms with Crippen molar-refractivity contribution >= 4 is 48.9 Å². The van der Waals surface area contributed by atoms with Crippen molar-refractivity contribution in [3.63, 3.8) is 0 Å². The van der Waals surface area contributed by atoms with E-state index in [0.717, 1.165) is 37.0 Å². The first-order valence-electron chi connectivity index (χ1n) is 11.8. The number of rotatable bonds is 9. The fourth-order valence-electron chi connectivity index (χ4n) is 4.29. The largest absolute Gasteiger partial charge is 0.493 e. The molecule has 0 bridgehead atoms. The smallest absolute Gasteiger partial charge is 0.308 e. The van der Waals surface area contributed by atoms with Gasteiger partial charge >= 0.3 is 4.87 Å². The van der Waals surface area contributed by atoms with Gasteiger partial charge in [0.15, 0.2) is 11.5 Å². The third kappa shape index (κ3) is 5.39. The third-order valence-electron chi connectivity index (χ3n) is 5.99. The number of nitrogens with one attached hydrogen (secondary N) is 1. The van der Waals surface area contributed by atoms with Crippen LogP contribution in [0.3, 0.4) is 0 Å². The summed E-state index contributed by atoms with van der Waals surface area (Å²) in [6, 6.07) is 14.8. The van der Waals surface area contributed by atoms with Crippen LogP contribution in [0.2, 0.25) is 0 Å². The van der Waals surface area contributed by atoms with Gasteiger partial charge in [-0.05, 0) is 74.4 Å². The van der Waals surface area contributed by atoms with Gasteiger partial charge in [0.2, 0.25) is 5.91 Å². The fourth-order valence-corrected chi connectivity index (χ4v) is 6.70. The number of ether oxygens (including phenoxy) is 2. The van der Waals surface area contributed by atoms with Gasteiger partial charge in [0, 0.05) is 18.3 Å². The number of nitrogens with zero attached hydrogens (tertiary/aromatic N) is 2. The second-order valence-corrected chi connectivity index (χ2v) is 11.6. The van der Waals surface area contributed by atoms with E-state index in [1.165, 1.54) is 32.4 Å². The Hall–Kier alpha value is -3.83. The quantitative estimate of drug-likeness (QED) is 0.325. The number of hydrogen-bond donors (Lipinski definition) is 1. The Kier molecular flexibility index (Phi) is 7.79. The van der Waals surface area contributed by atoms with Gasteiger partial charge in [-0.1, -0.05) is 17.4 Å². The first-order valence-corrected chi connectivity index (χ1v) is 14.1. The van der Waals surface area contributed by atoms with Gasteiger partial charge in [-0.15, -0.1) is 0 Å². The molecule has 3 aromatic carbocycles. The van der Waals surface area contributed by atoms with E-state index in [-0.39, 0.29) is 15.5 Å². The summed E-state index contributed by atoms with van der Waals surface area (Å²) < 4.78 is 41.8. The number of methoxy groups -OCH3 is 2. The Bertz CT molecular complexity index is 1650. The van der Waals surface area contributed by atoms with E-state index in [4.69, 9.17) is 9.47 Å². The Labute approximate surface area is 225 Å². The number of carbonyl (C=O) groups excluding carboxylic acids is 1. The fraction of sp³-hybridized carbons (Fsp3) is 0.259. The van der Waals surface area contributed by atoms with Crippen LogP contribution in [0.15, 0.2) is 64.3 Å². The molecule has 0 radical (unpaired) electrons. The molecule has 0 spiro atoms. The summed E-state index contributed by atoms with van der Waals surface area (Å²) in [6.07, 6.45) is 0. The zero-order valence-corrected chi connectivity index (χ0v) is 23.4. The lowest BCUT2D eigenvalue weighted by Crippen LogP contribution is -2.38. The van der Waals surface area contributed by atoms with E-state index in [9.17, 15) is 18.0 Å². The molecule has 1 heterocycles. The third-order valence-corrected chi connectivity index (χ3v) is 8.70. The first kappa shape index (κ1) is 27.2. The monoisotopic (exact) mass is 555 g/mol. The zero-order chi connectivity index (χ0) is 27.6. The van der Waals surface area contributed by atoms with Crippen LogP contribution < -0.4 is 24.0 Å². The number of amides is 1. The number of hydrogen-bond acceptors (Lipinski definition) is 7. The van der Waals surface area contributed by atoms with Gasteiger partial charge in [0.05, 0.1) is 35.0 Å². The summed E-state index contributed by atoms with van der Waals surface area (Å²) >= 11 is 1.09. The molecule has 1 amide bonds. The number of anilines is 2. The number of sulfonamides is 1. The molecular formula is C27H29N3O6S2. The van der Waals surface area contributed by atoms with Crippen LogP contribution in [0.5, 0.6) is 11.5 Å². The highest BCUT2D eigenvalue weighted by molar-refractivity contribution is 7.92. The number of fused-ring (bicyclic) bond motifs is 1. The van der Waals surface area contributed by atoms with E-state index >= 15 is 0 Å². The van der Waals surface area contributed by atoms with Crippen LogP contribution in [-0.4, -0.2) is 39.7 Å². The predicted octanol–water partition coefficient (Wildman–Crippen LogP) is 4.55. The van der Waals surface area contributed by atoms with Crippen molar-refractivity contribution < 1.29 is 22.7 Å². The van der Waals surface area contributed by atoms with Gasteiger partial charge in [0.1, 0.15) is 6.54 Å². The molecule has 0 aliphatic heterocycles. The van der Waals surface area contributed by atoms with Crippen molar-refractivity contribution in [1.82, 2.24) is 4.57 Å². The van der Waals surface area contributed by atoms with Crippen molar-refractivity contribution in [1.29, 1.82) is 0 Å². The van der Waals surface area contributed by atoms with Crippen LogP contribution in [0.4, 0.5) is 11.4 Å². The molecule has 4 aromatic rings. The van der Waals surface area contributed by atoms with Crippen molar-refractivity contribution in [3.05, 3.63) is 75.4 Å². The van der Waals surface area contributed by atoms with Crippen molar-refractivity contribution in [2.24, 2.45) is 0 Å². The highest BCUT2D eigenvalue weighted by Gasteiger charge is 2.29. The molecule has 0 atom stereocenters. The average Bonchev–Trinajstić information content (AvgIpc) is 3.19. The van der Waals surface area contributed by atoms with Crippen molar-refractivity contribution in [3.8, 4) is 11.5 Å². The molecule has 0 aliphatic rings. The number of carbonyl (C=O) groups is 1. The minimum Gasteiger partial charge on any atom is -0.493 e. The van der Waals surface area contributed by atoms with E-state index in [2.05, 4.69) is 5.32 Å². The topological polar surface area (TPSA) is 107 Å². The SMILES string of the molecule is CCn1c(=O)sc2cc(NC(=O)CN(c3cc(C)cc(C)c3)S(=O)(=O)c3ccc(OC)c(OC)c3)ccc21. The summed E-state index contributed by atoms with van der Waals surface area (Å²) in [5.41, 5.74) is 3.33. The van der Waals surface area contributed by atoms with Gasteiger partial charge in [-0.2, -0.15) is 0 Å². The molecule has 38 heavy (non-hydrogen) atoms. The molecule has 0 fully saturated rings. The van der Waals surface area contributed by atoms with Crippen LogP contribution >= 0.6 is 11.3 Å². The zero-order valence-electron chi connectivity index (χ0n) is 21.8. The normalized spacial score (nSPS) is 11.4. The summed E-state index contributed by atoms with van der Waals surface area (Å²) in [5, 5.41) is 2.78. The average molecular weight is 556 g/mol. The molecule has 0 saturated heterocycles. The van der Waals surface area contributed by atoms with E-state index in [1.807, 2.05) is 26.8 Å². The summed E-state index contributed by atoms with van der Waals surface area (Å²) in [6.45, 7) is 5.69. The van der Waals surface area contributed by atoms with E-state index in [1.54, 1.807) is 34.9 Å². The highest BCUT2D eigenvalue weighted by Crippen LogP contribution is 2.33. The Morgan fingerprint density at radius 3 is 2.29 bits per heavy atom. The number of benzene rings is 3. The van der Waals surface area contributed by atoms with E-state index in [0.29, 0.717) is 23.7 Å². The molecule has 4 rings (SSSR count). The maximum atomic E-state index is 13.9. The number of thiazole rings is 1. The lowest BCUT2D eigenvalue weighted by atomic mass is 10.1. The van der Waals surface area contributed by atoms with Crippen LogP contribution in [-0.2, 0) is 21.4 Å². The Balaban J connectivity index is 1.70. The number of aromatic nitrogens is 1. The highest BCUT2D eigenvalue weighted by atomic mass is 32.2. The molecule has 0 aliphatic carbocycles. The Morgan fingerprint density at radius 2 is 1.66 bits per heavy atom. The molecule has 11 heteroatoms. The minimum absolute atomic E-state index is 0.0470. The summed E-state index contributed by atoms with van der Waals surface area (Å²) in [7, 11) is -1.29. The Morgan fingerprint density at radius 1 is 0.974 bits per heavy atom. The van der Waals surface area contributed by atoms with Gasteiger partial charge < -0.3 is 14.8 Å². The molecule has 0 unspecified atom stereocenters. The van der Waals surface area contributed by atoms with Crippen LogP contribution in [0, 0.1) is 13.8 Å². The van der Waals surface area contributed by atoms with Gasteiger partial charge in [-0.3, -0.25) is 18.5 Å². The van der Waals surface area contributed by atoms with Gasteiger partial charge in [0.25, 0.3) is 10.0 Å². The molecule has 0 saturated carbocycles. The molecule has 1 aromatic heterocycles. The molecular weight excluding hydrogens is 526 g/mol. The summed E-state index contributed by atoms with van der Waals surface area (Å²) in [5.74, 6) is 0.108. The second-order valence-electron chi connectivity index (χ2n) is 8.72. The first-order chi connectivity index (χ1) is 18.1. The van der Waals surface area contributed by atoms with Crippen molar-refractivity contribution in [2.75, 3.05) is 30.4 Å². The summed E-state index contributed by atoms with van der Waals surface area (Å²) in [4.78, 5) is 25.3. The molecule has 9 nitrogen and oxygen atoms in total. The molecule has 200 valence electrons. The standard InChI is InChI=1S/C27H29N3O6S2/c1-6-29-22-9-7-19(14-25(22)37-27(29)32)28-26(31)16-30(20-12-17(2)11-18(3)13-20)38(33,34)21-8-10-23(35-4)24(15-21)36-5/h7-15H,6,16H2,1-5H3,(H,28,31). The van der Waals surface area contributed by atoms with Crippen LogP contribution in [0.25, 0.3) is 10.2 Å². The lowest BCUT2D eigenvalue weighted by Gasteiger charge is -2.25. The molecule has 1 N–H and O–H groups in total. The second kappa shape index (κ2) is 10.9. The maximum Gasteiger partial charge on any atom is 0.308 e. The predicted molar refractivity (Wildman–Crippen MR) is 150 cm³/mol. The van der Waals surface area contributed by atoms with Gasteiger partial charge in [-0.25, -0.2) is 8.42 Å². The lowest BCUT2D eigenvalue weighted by molar-refractivity contribution is -0.114. The van der Waals surface area contributed by atoms with E-state index < -0.39 is 22.5 Å².